The number of aliphatic carboxylic acids is 1. The molecule has 0 spiro atoms. The number of ether oxygens (including phenoxy) is 2. The van der Waals surface area contributed by atoms with Gasteiger partial charge in [-0.1, -0.05) is 399 Å². The highest BCUT2D eigenvalue weighted by Crippen LogP contribution is 2.43. The number of esters is 2. The van der Waals surface area contributed by atoms with E-state index in [1.54, 1.807) is 0 Å². The molecular weight excluding hydrogens is 1090 g/mol. The van der Waals surface area contributed by atoms with Gasteiger partial charge in [-0.25, -0.2) is 4.57 Å². The van der Waals surface area contributed by atoms with E-state index in [4.69, 9.17) is 29.4 Å². The molecule has 0 aliphatic heterocycles. The minimum atomic E-state index is -4.73. The Labute approximate surface area is 533 Å². The zero-order chi connectivity index (χ0) is 62.6. The Morgan fingerprint density at radius 3 is 0.733 bits per heavy atom. The third-order valence-electron chi connectivity index (χ3n) is 17.9. The first kappa shape index (κ1) is 84.5. The zero-order valence-corrected chi connectivity index (χ0v) is 58.1. The fourth-order valence-corrected chi connectivity index (χ4v) is 12.8. The predicted octanol–water partition coefficient (Wildman–Crippen LogP) is 24.0. The SMILES string of the molecule is CCCCCCCCCCCCCCCCCCCCCCCCCCCCCCCCCC(=O)OC[C@H](COP(=O)(O)OC[C@H](N)C(=O)O)OC(=O)CCCCCCCCCCCCCCCCCCCCCCCCCCCCCCCCC. The minimum absolute atomic E-state index is 0.171. The van der Waals surface area contributed by atoms with Crippen molar-refractivity contribution in [1.82, 2.24) is 0 Å². The molecule has 512 valence electrons. The number of unbranched alkanes of at least 4 members (excludes halogenated alkanes) is 60. The topological polar surface area (TPSA) is 172 Å². The molecule has 4 N–H and O–H groups in total. The standard InChI is InChI=1S/C74H146NO10P/c1-3-5-7-9-11-13-15-17-19-21-23-25-27-29-31-33-35-37-39-41-43-45-47-49-51-53-55-57-59-61-63-65-72(76)82-67-70(68-83-86(80,81)84-69-71(75)74(78)79)85-73(77)66-64-62-60-58-56-54-52-50-48-46-44-42-40-38-36-34-32-30-28-26-24-22-20-18-16-14-12-10-8-6-4-2/h70-71H,3-69,75H2,1-2H3,(H,78,79)(H,80,81)/t70-,71+/m1/s1. The van der Waals surface area contributed by atoms with Crippen LogP contribution in [0.1, 0.15) is 425 Å². The van der Waals surface area contributed by atoms with Crippen LogP contribution in [-0.2, 0) is 37.5 Å². The lowest BCUT2D eigenvalue weighted by Crippen LogP contribution is -2.34. The molecule has 0 saturated carbocycles. The van der Waals surface area contributed by atoms with E-state index in [9.17, 15) is 23.8 Å². The maximum Gasteiger partial charge on any atom is 0.472 e. The Hall–Kier alpha value is -1.52. The Balaban J connectivity index is 3.91. The summed E-state index contributed by atoms with van der Waals surface area (Å²) in [5, 5.41) is 8.99. The van der Waals surface area contributed by atoms with Crippen molar-refractivity contribution in [2.45, 2.75) is 437 Å². The van der Waals surface area contributed by atoms with Crippen molar-refractivity contribution in [1.29, 1.82) is 0 Å². The van der Waals surface area contributed by atoms with Crippen molar-refractivity contribution in [2.24, 2.45) is 5.73 Å². The summed E-state index contributed by atoms with van der Waals surface area (Å²) in [5.41, 5.74) is 5.40. The second-order valence-electron chi connectivity index (χ2n) is 26.5. The lowest BCUT2D eigenvalue weighted by Gasteiger charge is -2.20. The Morgan fingerprint density at radius 1 is 0.314 bits per heavy atom. The molecule has 11 nitrogen and oxygen atoms in total. The highest BCUT2D eigenvalue weighted by molar-refractivity contribution is 7.47. The maximum atomic E-state index is 12.8. The van der Waals surface area contributed by atoms with Crippen LogP contribution in [0.4, 0.5) is 0 Å². The van der Waals surface area contributed by atoms with Gasteiger partial charge in [0.2, 0.25) is 0 Å². The Bertz CT molecular complexity index is 1450. The zero-order valence-electron chi connectivity index (χ0n) is 57.2. The van der Waals surface area contributed by atoms with E-state index in [2.05, 4.69) is 13.8 Å². The third kappa shape index (κ3) is 68.4. The van der Waals surface area contributed by atoms with Crippen LogP contribution in [0.25, 0.3) is 0 Å². The van der Waals surface area contributed by atoms with Crippen molar-refractivity contribution in [3.05, 3.63) is 0 Å². The van der Waals surface area contributed by atoms with Gasteiger partial charge >= 0.3 is 25.7 Å². The smallest absolute Gasteiger partial charge is 0.472 e. The van der Waals surface area contributed by atoms with Gasteiger partial charge in [0.15, 0.2) is 6.10 Å². The van der Waals surface area contributed by atoms with Crippen molar-refractivity contribution in [3.8, 4) is 0 Å². The number of carbonyl (C=O) groups is 3. The van der Waals surface area contributed by atoms with Crippen LogP contribution in [-0.4, -0.2) is 59.9 Å². The molecule has 1 unspecified atom stereocenters. The predicted molar refractivity (Wildman–Crippen MR) is 365 cm³/mol. The van der Waals surface area contributed by atoms with E-state index >= 15 is 0 Å². The van der Waals surface area contributed by atoms with Crippen LogP contribution >= 0.6 is 7.82 Å². The van der Waals surface area contributed by atoms with E-state index in [0.717, 1.165) is 38.5 Å². The molecule has 0 aromatic rings. The third-order valence-corrected chi connectivity index (χ3v) is 18.8. The molecule has 0 aliphatic carbocycles. The second-order valence-corrected chi connectivity index (χ2v) is 28.0. The molecule has 3 atom stereocenters. The molecule has 0 aromatic heterocycles. The molecule has 0 aromatic carbocycles. The summed E-state index contributed by atoms with van der Waals surface area (Å²) in [7, 11) is -4.73. The van der Waals surface area contributed by atoms with Gasteiger partial charge in [-0.2, -0.15) is 0 Å². The van der Waals surface area contributed by atoms with E-state index in [0.29, 0.717) is 12.8 Å². The molecule has 0 radical (unpaired) electrons. The first-order valence-corrected chi connectivity index (χ1v) is 39.6. The maximum absolute atomic E-state index is 12.8. The molecular formula is C74H146NO10P. The van der Waals surface area contributed by atoms with Gasteiger partial charge in [-0.05, 0) is 12.8 Å². The van der Waals surface area contributed by atoms with Crippen LogP contribution < -0.4 is 5.73 Å². The number of carboxylic acids is 1. The fraction of sp³-hybridized carbons (Fsp3) is 0.959. The minimum Gasteiger partial charge on any atom is -0.480 e. The largest absolute Gasteiger partial charge is 0.480 e. The van der Waals surface area contributed by atoms with Gasteiger partial charge in [-0.15, -0.1) is 0 Å². The second kappa shape index (κ2) is 69.4. The van der Waals surface area contributed by atoms with Crippen LogP contribution in [0, 0.1) is 0 Å². The summed E-state index contributed by atoms with van der Waals surface area (Å²) < 4.78 is 33.2. The lowest BCUT2D eigenvalue weighted by molar-refractivity contribution is -0.161. The Morgan fingerprint density at radius 2 is 0.512 bits per heavy atom. The average Bonchev–Trinajstić information content (AvgIpc) is 3.69. The summed E-state index contributed by atoms with van der Waals surface area (Å²) in [6.07, 6.45) is 82.4. The van der Waals surface area contributed by atoms with Gasteiger partial charge in [-0.3, -0.25) is 23.4 Å². The number of hydrogen-bond acceptors (Lipinski definition) is 9. The highest BCUT2D eigenvalue weighted by atomic mass is 31.2. The number of nitrogens with two attached hydrogens (primary N) is 1. The van der Waals surface area contributed by atoms with Crippen molar-refractivity contribution in [2.75, 3.05) is 19.8 Å². The highest BCUT2D eigenvalue weighted by Gasteiger charge is 2.28. The van der Waals surface area contributed by atoms with Gasteiger partial charge in [0.25, 0.3) is 0 Å². The summed E-state index contributed by atoms with van der Waals surface area (Å²) in [4.78, 5) is 46.6. The van der Waals surface area contributed by atoms with Crippen LogP contribution in [0.5, 0.6) is 0 Å². The van der Waals surface area contributed by atoms with E-state index in [1.165, 1.54) is 347 Å². The fourth-order valence-electron chi connectivity index (χ4n) is 12.0. The number of carbonyl (C=O) groups excluding carboxylic acids is 2. The van der Waals surface area contributed by atoms with E-state index in [-0.39, 0.29) is 19.4 Å². The van der Waals surface area contributed by atoms with Crippen LogP contribution in [0.3, 0.4) is 0 Å². The number of carboxylic acid groups (broad SMARTS) is 1. The summed E-state index contributed by atoms with van der Waals surface area (Å²) in [5.74, 6) is -2.33. The monoisotopic (exact) mass is 1240 g/mol. The number of rotatable bonds is 74. The van der Waals surface area contributed by atoms with Crippen LogP contribution in [0.15, 0.2) is 0 Å². The molecule has 0 heterocycles. The first-order valence-electron chi connectivity index (χ1n) is 38.1. The number of hydrogen-bond donors (Lipinski definition) is 3. The van der Waals surface area contributed by atoms with Gasteiger partial charge in [0.05, 0.1) is 13.2 Å². The van der Waals surface area contributed by atoms with E-state index in [1.807, 2.05) is 0 Å². The summed E-state index contributed by atoms with van der Waals surface area (Å²) in [6.45, 7) is 2.93. The molecule has 0 rings (SSSR count). The molecule has 0 saturated heterocycles. The van der Waals surface area contributed by atoms with Crippen molar-refractivity contribution in [3.63, 3.8) is 0 Å². The molecule has 0 bridgehead atoms. The molecule has 12 heteroatoms. The average molecular weight is 1240 g/mol. The Kier molecular flexibility index (Phi) is 68.1. The summed E-state index contributed by atoms with van der Waals surface area (Å²) in [6, 6.07) is -1.52. The quantitative estimate of drug-likeness (QED) is 0.0301. The van der Waals surface area contributed by atoms with Crippen LogP contribution in [0.2, 0.25) is 0 Å². The van der Waals surface area contributed by atoms with Crippen molar-refractivity contribution < 1.29 is 47.5 Å². The normalized spacial score (nSPS) is 13.1. The molecule has 86 heavy (non-hydrogen) atoms. The van der Waals surface area contributed by atoms with Gasteiger partial charge < -0.3 is 25.2 Å². The van der Waals surface area contributed by atoms with Crippen molar-refractivity contribution >= 4 is 25.7 Å². The first-order chi connectivity index (χ1) is 42.1. The summed E-state index contributed by atoms with van der Waals surface area (Å²) >= 11 is 0. The molecule has 0 amide bonds. The van der Waals surface area contributed by atoms with Gasteiger partial charge in [0, 0.05) is 12.8 Å². The van der Waals surface area contributed by atoms with E-state index < -0.39 is 51.1 Å². The lowest BCUT2D eigenvalue weighted by atomic mass is 10.0. The number of phosphoric ester groups is 1. The molecule has 0 aliphatic rings. The van der Waals surface area contributed by atoms with Gasteiger partial charge in [0.1, 0.15) is 12.6 Å². The molecule has 0 fully saturated rings. The number of phosphoric acid groups is 1.